The number of nitrogens with one attached hydrogen (secondary N) is 1. The van der Waals surface area contributed by atoms with Gasteiger partial charge in [0.05, 0.1) is 5.69 Å². The Labute approximate surface area is 164 Å². The second kappa shape index (κ2) is 7.97. The van der Waals surface area contributed by atoms with Crippen LogP contribution in [0.5, 0.6) is 0 Å². The van der Waals surface area contributed by atoms with Gasteiger partial charge in [-0.05, 0) is 56.0 Å². The van der Waals surface area contributed by atoms with Crippen molar-refractivity contribution in [2.24, 2.45) is 0 Å². The topological polar surface area (TPSA) is 49.4 Å². The number of benzene rings is 2. The van der Waals surface area contributed by atoms with E-state index in [2.05, 4.69) is 12.2 Å². The zero-order valence-electron chi connectivity index (χ0n) is 15.8. The van der Waals surface area contributed by atoms with E-state index in [1.165, 1.54) is 5.56 Å². The summed E-state index contributed by atoms with van der Waals surface area (Å²) >= 11 is 6.21. The van der Waals surface area contributed by atoms with Gasteiger partial charge in [-0.15, -0.1) is 0 Å². The van der Waals surface area contributed by atoms with Gasteiger partial charge in [0.2, 0.25) is 0 Å². The Bertz CT molecular complexity index is 916. The molecule has 27 heavy (non-hydrogen) atoms. The SMILES string of the molecule is CCCCc1ccc(N2C(=O)C(Cl)=C(Nc3ccc(C)cc3C)C2=O)cc1. The monoisotopic (exact) mass is 382 g/mol. The molecule has 0 fully saturated rings. The minimum absolute atomic E-state index is 0.0879. The van der Waals surface area contributed by atoms with E-state index < -0.39 is 11.8 Å². The Hall–Kier alpha value is -2.59. The molecule has 0 saturated carbocycles. The first-order valence-electron chi connectivity index (χ1n) is 9.14. The van der Waals surface area contributed by atoms with Crippen LogP contribution in [0.1, 0.15) is 36.5 Å². The number of nitrogens with zero attached hydrogens (tertiary/aromatic N) is 1. The summed E-state index contributed by atoms with van der Waals surface area (Å²) in [6.07, 6.45) is 3.22. The van der Waals surface area contributed by atoms with Crippen molar-refractivity contribution in [2.45, 2.75) is 40.0 Å². The fraction of sp³-hybridized carbons (Fsp3) is 0.273. The maximum absolute atomic E-state index is 12.9. The molecule has 0 spiro atoms. The summed E-state index contributed by atoms with van der Waals surface area (Å²) in [5.41, 5.74) is 4.69. The number of anilines is 2. The van der Waals surface area contributed by atoms with Crippen molar-refractivity contribution in [2.75, 3.05) is 10.2 Å². The number of aryl methyl sites for hydroxylation is 3. The standard InChI is InChI=1S/C22H23ClN2O2/c1-4-5-6-16-8-10-17(11-9-16)25-21(26)19(23)20(22(25)27)24-18-12-7-14(2)13-15(18)3/h7-13,24H,4-6H2,1-3H3. The summed E-state index contributed by atoms with van der Waals surface area (Å²) in [4.78, 5) is 26.6. The zero-order chi connectivity index (χ0) is 19.6. The lowest BCUT2D eigenvalue weighted by Gasteiger charge is -2.16. The van der Waals surface area contributed by atoms with Crippen LogP contribution in [0.4, 0.5) is 11.4 Å². The van der Waals surface area contributed by atoms with Gasteiger partial charge in [-0.3, -0.25) is 9.59 Å². The van der Waals surface area contributed by atoms with E-state index in [-0.39, 0.29) is 10.7 Å². The first kappa shape index (κ1) is 19.2. The van der Waals surface area contributed by atoms with E-state index >= 15 is 0 Å². The van der Waals surface area contributed by atoms with Crippen molar-refractivity contribution in [1.29, 1.82) is 0 Å². The number of hydrogen-bond acceptors (Lipinski definition) is 3. The minimum atomic E-state index is -0.504. The van der Waals surface area contributed by atoms with Crippen LogP contribution in [0.15, 0.2) is 53.2 Å². The molecule has 1 aliphatic heterocycles. The van der Waals surface area contributed by atoms with Gasteiger partial charge < -0.3 is 5.32 Å². The number of carbonyl (C=O) groups excluding carboxylic acids is 2. The maximum Gasteiger partial charge on any atom is 0.283 e. The Kier molecular flexibility index (Phi) is 5.66. The largest absolute Gasteiger partial charge is 0.349 e. The van der Waals surface area contributed by atoms with Gasteiger partial charge in [0.25, 0.3) is 11.8 Å². The summed E-state index contributed by atoms with van der Waals surface area (Å²) in [5, 5.41) is 2.95. The summed E-state index contributed by atoms with van der Waals surface area (Å²) in [5.74, 6) is -0.943. The number of amides is 2. The number of halogens is 1. The Morgan fingerprint density at radius 2 is 1.70 bits per heavy atom. The minimum Gasteiger partial charge on any atom is -0.349 e. The maximum atomic E-state index is 12.9. The Morgan fingerprint density at radius 1 is 1.00 bits per heavy atom. The molecule has 0 aromatic heterocycles. The highest BCUT2D eigenvalue weighted by Gasteiger charge is 2.39. The highest BCUT2D eigenvalue weighted by molar-refractivity contribution is 6.53. The van der Waals surface area contributed by atoms with E-state index in [4.69, 9.17) is 11.6 Å². The molecule has 3 rings (SSSR count). The van der Waals surface area contributed by atoms with E-state index in [1.807, 2.05) is 44.2 Å². The van der Waals surface area contributed by atoms with Gasteiger partial charge in [0.1, 0.15) is 10.7 Å². The molecule has 140 valence electrons. The molecule has 0 radical (unpaired) electrons. The average molecular weight is 383 g/mol. The number of rotatable bonds is 6. The molecular formula is C22H23ClN2O2. The van der Waals surface area contributed by atoms with E-state index in [1.54, 1.807) is 12.1 Å². The third kappa shape index (κ3) is 3.91. The number of unbranched alkanes of at least 4 members (excludes halogenated alkanes) is 1. The third-order valence-electron chi connectivity index (χ3n) is 4.68. The van der Waals surface area contributed by atoms with Crippen molar-refractivity contribution >= 4 is 34.8 Å². The summed E-state index contributed by atoms with van der Waals surface area (Å²) in [7, 11) is 0. The molecule has 0 saturated heterocycles. The van der Waals surface area contributed by atoms with Gasteiger partial charge >= 0.3 is 0 Å². The molecule has 2 aromatic carbocycles. The Balaban J connectivity index is 1.83. The molecule has 2 amide bonds. The first-order valence-corrected chi connectivity index (χ1v) is 9.52. The molecule has 0 atom stereocenters. The smallest absolute Gasteiger partial charge is 0.283 e. The van der Waals surface area contributed by atoms with Crippen LogP contribution in [0, 0.1) is 13.8 Å². The zero-order valence-corrected chi connectivity index (χ0v) is 16.6. The van der Waals surface area contributed by atoms with Gasteiger partial charge in [-0.1, -0.05) is 54.8 Å². The summed E-state index contributed by atoms with van der Waals surface area (Å²) in [6, 6.07) is 13.3. The predicted molar refractivity (Wildman–Crippen MR) is 110 cm³/mol. The number of hydrogen-bond donors (Lipinski definition) is 1. The Morgan fingerprint density at radius 3 is 2.33 bits per heavy atom. The highest BCUT2D eigenvalue weighted by atomic mass is 35.5. The fourth-order valence-electron chi connectivity index (χ4n) is 3.13. The second-order valence-corrected chi connectivity index (χ2v) is 7.23. The van der Waals surface area contributed by atoms with Crippen LogP contribution in [0.3, 0.4) is 0 Å². The molecule has 0 unspecified atom stereocenters. The van der Waals surface area contributed by atoms with E-state index in [0.29, 0.717) is 5.69 Å². The van der Waals surface area contributed by atoms with Crippen molar-refractivity contribution < 1.29 is 9.59 Å². The number of carbonyl (C=O) groups is 2. The van der Waals surface area contributed by atoms with Gasteiger partial charge in [0, 0.05) is 5.69 Å². The van der Waals surface area contributed by atoms with Crippen molar-refractivity contribution in [1.82, 2.24) is 0 Å². The lowest BCUT2D eigenvalue weighted by molar-refractivity contribution is -0.120. The summed E-state index contributed by atoms with van der Waals surface area (Å²) in [6.45, 7) is 6.09. The molecule has 1 heterocycles. The fourth-order valence-corrected chi connectivity index (χ4v) is 3.34. The van der Waals surface area contributed by atoms with Crippen LogP contribution in [-0.4, -0.2) is 11.8 Å². The van der Waals surface area contributed by atoms with Crippen LogP contribution < -0.4 is 10.2 Å². The lowest BCUT2D eigenvalue weighted by atomic mass is 10.1. The van der Waals surface area contributed by atoms with Crippen LogP contribution >= 0.6 is 11.6 Å². The summed E-state index contributed by atoms with van der Waals surface area (Å²) < 4.78 is 0. The molecule has 0 aliphatic carbocycles. The first-order chi connectivity index (χ1) is 12.9. The van der Waals surface area contributed by atoms with E-state index in [9.17, 15) is 9.59 Å². The van der Waals surface area contributed by atoms with Gasteiger partial charge in [0.15, 0.2) is 0 Å². The molecule has 1 aliphatic rings. The molecule has 2 aromatic rings. The normalized spacial score (nSPS) is 14.3. The van der Waals surface area contributed by atoms with E-state index in [0.717, 1.165) is 41.0 Å². The lowest BCUT2D eigenvalue weighted by Crippen LogP contribution is -2.32. The predicted octanol–water partition coefficient (Wildman–Crippen LogP) is 5.08. The van der Waals surface area contributed by atoms with Crippen LogP contribution in [0.2, 0.25) is 0 Å². The number of imide groups is 1. The molecule has 5 heteroatoms. The molecule has 1 N–H and O–H groups in total. The molecule has 0 bridgehead atoms. The van der Waals surface area contributed by atoms with Crippen LogP contribution in [-0.2, 0) is 16.0 Å². The van der Waals surface area contributed by atoms with Crippen molar-refractivity contribution in [3.8, 4) is 0 Å². The molecular weight excluding hydrogens is 360 g/mol. The highest BCUT2D eigenvalue weighted by Crippen LogP contribution is 2.31. The quantitative estimate of drug-likeness (QED) is 0.708. The van der Waals surface area contributed by atoms with Crippen molar-refractivity contribution in [3.63, 3.8) is 0 Å². The molecule has 4 nitrogen and oxygen atoms in total. The van der Waals surface area contributed by atoms with Gasteiger partial charge in [-0.25, -0.2) is 4.90 Å². The second-order valence-electron chi connectivity index (χ2n) is 6.85. The average Bonchev–Trinajstić information content (AvgIpc) is 2.86. The van der Waals surface area contributed by atoms with Gasteiger partial charge in [-0.2, -0.15) is 0 Å². The van der Waals surface area contributed by atoms with Crippen molar-refractivity contribution in [3.05, 3.63) is 69.9 Å². The van der Waals surface area contributed by atoms with Crippen LogP contribution in [0.25, 0.3) is 0 Å². The third-order valence-corrected chi connectivity index (χ3v) is 5.03.